The number of aromatic nitrogens is 2. The predicted molar refractivity (Wildman–Crippen MR) is 134 cm³/mol. The Morgan fingerprint density at radius 3 is 2.72 bits per heavy atom. The Kier molecular flexibility index (Phi) is 5.63. The first-order valence-corrected chi connectivity index (χ1v) is 12.5. The van der Waals surface area contributed by atoms with Crippen LogP contribution in [0.4, 0.5) is 10.1 Å². The van der Waals surface area contributed by atoms with Crippen molar-refractivity contribution in [3.8, 4) is 0 Å². The van der Waals surface area contributed by atoms with Crippen molar-refractivity contribution in [3.63, 3.8) is 0 Å². The highest BCUT2D eigenvalue weighted by molar-refractivity contribution is 6.07. The molecule has 0 unspecified atom stereocenters. The summed E-state index contributed by atoms with van der Waals surface area (Å²) in [7, 11) is 1.45. The van der Waals surface area contributed by atoms with E-state index in [0.29, 0.717) is 58.5 Å². The van der Waals surface area contributed by atoms with Gasteiger partial charge in [-0.15, -0.1) is 0 Å². The van der Waals surface area contributed by atoms with E-state index in [9.17, 15) is 14.0 Å². The van der Waals surface area contributed by atoms with Crippen molar-refractivity contribution in [2.75, 3.05) is 25.6 Å². The fourth-order valence-electron chi connectivity index (χ4n) is 6.36. The van der Waals surface area contributed by atoms with Crippen LogP contribution in [0.25, 0.3) is 11.0 Å². The van der Waals surface area contributed by atoms with E-state index in [2.05, 4.69) is 27.8 Å². The summed E-state index contributed by atoms with van der Waals surface area (Å²) in [5.74, 6) is 0.877. The monoisotopic (exact) mass is 488 g/mol. The molecule has 2 bridgehead atoms. The van der Waals surface area contributed by atoms with Crippen molar-refractivity contribution < 1.29 is 18.7 Å². The summed E-state index contributed by atoms with van der Waals surface area (Å²) in [5, 5.41) is 5.97. The number of methoxy groups -OCH3 is 1. The molecule has 2 saturated carbocycles. The minimum atomic E-state index is -0.308. The molecule has 0 saturated heterocycles. The van der Waals surface area contributed by atoms with Gasteiger partial charge in [-0.2, -0.15) is 0 Å². The summed E-state index contributed by atoms with van der Waals surface area (Å²) in [6.07, 6.45) is 10.1. The highest BCUT2D eigenvalue weighted by atomic mass is 19.1. The molecule has 2 N–H and O–H groups in total. The minimum absolute atomic E-state index is 0.0852. The van der Waals surface area contributed by atoms with Crippen molar-refractivity contribution in [1.29, 1.82) is 0 Å². The van der Waals surface area contributed by atoms with Gasteiger partial charge in [0.25, 0.3) is 5.91 Å². The van der Waals surface area contributed by atoms with Gasteiger partial charge in [-0.25, -0.2) is 9.37 Å². The van der Waals surface area contributed by atoms with Crippen molar-refractivity contribution in [2.45, 2.75) is 25.8 Å². The zero-order valence-electron chi connectivity index (χ0n) is 20.2. The fraction of sp³-hybridized carbons (Fsp3) is 0.393. The fourth-order valence-corrected chi connectivity index (χ4v) is 6.36. The van der Waals surface area contributed by atoms with Crippen LogP contribution in [0.3, 0.4) is 0 Å². The number of carbonyl (C=O) groups excluding carboxylic acids is 2. The number of benzene rings is 2. The summed E-state index contributed by atoms with van der Waals surface area (Å²) >= 11 is 0. The third-order valence-corrected chi connectivity index (χ3v) is 8.15. The number of halogens is 1. The van der Waals surface area contributed by atoms with Crippen LogP contribution in [0, 0.1) is 29.0 Å². The smallest absolute Gasteiger partial charge is 0.253 e. The van der Waals surface area contributed by atoms with E-state index < -0.39 is 0 Å². The lowest BCUT2D eigenvalue weighted by atomic mass is 9.89. The summed E-state index contributed by atoms with van der Waals surface area (Å²) in [4.78, 5) is 30.2. The second-order valence-corrected chi connectivity index (χ2v) is 10.3. The molecule has 3 aliphatic carbocycles. The molecular weight excluding hydrogens is 459 g/mol. The van der Waals surface area contributed by atoms with E-state index in [-0.39, 0.29) is 24.2 Å². The van der Waals surface area contributed by atoms with Crippen LogP contribution >= 0.6 is 0 Å². The van der Waals surface area contributed by atoms with Gasteiger partial charge in [0.05, 0.1) is 22.9 Å². The maximum atomic E-state index is 13.6. The van der Waals surface area contributed by atoms with Crippen LogP contribution in [-0.4, -0.2) is 41.6 Å². The predicted octanol–water partition coefficient (Wildman–Crippen LogP) is 4.14. The summed E-state index contributed by atoms with van der Waals surface area (Å²) in [5.41, 5.74) is 3.57. The van der Waals surface area contributed by atoms with E-state index in [0.717, 1.165) is 12.0 Å². The maximum absolute atomic E-state index is 13.6. The SMILES string of the molecule is COCC(=O)Nc1cc(C(=O)NC[C@H]2C[C@H]3C=C[C@@H]2C32CC2)c2c(c1)ncn2Cc1ccc(F)cc1. The van der Waals surface area contributed by atoms with Gasteiger partial charge in [-0.3, -0.25) is 9.59 Å². The Morgan fingerprint density at radius 1 is 1.19 bits per heavy atom. The number of rotatable bonds is 8. The van der Waals surface area contributed by atoms with E-state index in [1.807, 2.05) is 4.57 Å². The van der Waals surface area contributed by atoms with Crippen molar-refractivity contribution in [3.05, 3.63) is 71.8 Å². The van der Waals surface area contributed by atoms with Gasteiger partial charge in [-0.05, 0) is 72.3 Å². The van der Waals surface area contributed by atoms with Crippen molar-refractivity contribution >= 4 is 28.5 Å². The van der Waals surface area contributed by atoms with Crippen LogP contribution in [-0.2, 0) is 16.1 Å². The number of ether oxygens (including phenoxy) is 1. The number of anilines is 1. The highest BCUT2D eigenvalue weighted by Gasteiger charge is 2.62. The Hall–Kier alpha value is -3.52. The maximum Gasteiger partial charge on any atom is 0.253 e. The van der Waals surface area contributed by atoms with Crippen molar-refractivity contribution in [2.24, 2.45) is 23.2 Å². The van der Waals surface area contributed by atoms with Gasteiger partial charge >= 0.3 is 0 Å². The molecule has 6 rings (SSSR count). The number of nitrogens with zero attached hydrogens (tertiary/aromatic N) is 2. The molecule has 3 atom stereocenters. The average molecular weight is 489 g/mol. The number of nitrogens with one attached hydrogen (secondary N) is 2. The zero-order chi connectivity index (χ0) is 24.9. The third kappa shape index (κ3) is 3.99. The number of hydrogen-bond acceptors (Lipinski definition) is 4. The van der Waals surface area contributed by atoms with E-state index >= 15 is 0 Å². The lowest BCUT2D eigenvalue weighted by Crippen LogP contribution is -2.32. The van der Waals surface area contributed by atoms with Gasteiger partial charge in [0.1, 0.15) is 12.4 Å². The molecule has 0 aliphatic heterocycles. The largest absolute Gasteiger partial charge is 0.375 e. The van der Waals surface area contributed by atoms with Crippen LogP contribution in [0.15, 0.2) is 54.9 Å². The molecule has 2 fully saturated rings. The minimum Gasteiger partial charge on any atom is -0.375 e. The van der Waals surface area contributed by atoms with Crippen LogP contribution in [0.2, 0.25) is 0 Å². The Morgan fingerprint density at radius 2 is 2.00 bits per heavy atom. The quantitative estimate of drug-likeness (QED) is 0.467. The molecule has 1 aromatic heterocycles. The number of fused-ring (bicyclic) bond motifs is 1. The molecule has 2 amide bonds. The first-order chi connectivity index (χ1) is 17.5. The van der Waals surface area contributed by atoms with Crippen LogP contribution < -0.4 is 10.6 Å². The normalized spacial score (nSPS) is 22.9. The number of amides is 2. The molecule has 0 radical (unpaired) electrons. The van der Waals surface area contributed by atoms with Gasteiger partial charge < -0.3 is 19.9 Å². The van der Waals surface area contributed by atoms with Crippen LogP contribution in [0.5, 0.6) is 0 Å². The molecule has 2 aromatic carbocycles. The number of carbonyl (C=O) groups is 2. The molecular formula is C28H29FN4O3. The summed E-state index contributed by atoms with van der Waals surface area (Å²) in [6, 6.07) is 9.71. The first kappa shape index (κ1) is 22.9. The molecule has 7 nitrogen and oxygen atoms in total. The molecule has 1 spiro atoms. The number of allylic oxidation sites excluding steroid dienone is 2. The molecule has 3 aromatic rings. The van der Waals surface area contributed by atoms with E-state index in [1.165, 1.54) is 32.1 Å². The molecule has 8 heteroatoms. The summed E-state index contributed by atoms with van der Waals surface area (Å²) in [6.45, 7) is 0.976. The molecule has 3 aliphatic rings. The Balaban J connectivity index is 1.28. The van der Waals surface area contributed by atoms with Gasteiger partial charge in [0.15, 0.2) is 0 Å². The van der Waals surface area contributed by atoms with Gasteiger partial charge in [0.2, 0.25) is 5.91 Å². The van der Waals surface area contributed by atoms with E-state index in [1.54, 1.807) is 30.6 Å². The van der Waals surface area contributed by atoms with Gasteiger partial charge in [0, 0.05) is 25.9 Å². The highest BCUT2D eigenvalue weighted by Crippen LogP contribution is 2.69. The standard InChI is InChI=1S/C28H29FN4O3/c1-36-15-25(34)32-21-11-22(27(35)30-13-18-10-19-4-7-23(18)28(19)8-9-28)26-24(12-21)31-16-33(26)14-17-2-5-20(29)6-3-17/h2-7,11-12,16,18-19,23H,8-10,13-15H2,1H3,(H,30,35)(H,32,34)/t18-,19-,23+/m1/s1. The average Bonchev–Trinajstić information content (AvgIpc) is 3.37. The second kappa shape index (κ2) is 8.85. The first-order valence-electron chi connectivity index (χ1n) is 12.5. The van der Waals surface area contributed by atoms with Crippen molar-refractivity contribution in [1.82, 2.24) is 14.9 Å². The van der Waals surface area contributed by atoms with Gasteiger partial charge in [-0.1, -0.05) is 24.3 Å². The third-order valence-electron chi connectivity index (χ3n) is 8.15. The number of hydrogen-bond donors (Lipinski definition) is 2. The zero-order valence-corrected chi connectivity index (χ0v) is 20.2. The lowest BCUT2D eigenvalue weighted by molar-refractivity contribution is -0.119. The summed E-state index contributed by atoms with van der Waals surface area (Å²) < 4.78 is 20.2. The Bertz CT molecular complexity index is 1360. The Labute approximate surface area is 208 Å². The van der Waals surface area contributed by atoms with Crippen LogP contribution in [0.1, 0.15) is 35.2 Å². The topological polar surface area (TPSA) is 85.2 Å². The molecule has 186 valence electrons. The molecule has 1 heterocycles. The lowest BCUT2D eigenvalue weighted by Gasteiger charge is -2.20. The molecule has 36 heavy (non-hydrogen) atoms. The van der Waals surface area contributed by atoms with E-state index in [4.69, 9.17) is 4.74 Å². The second-order valence-electron chi connectivity index (χ2n) is 10.3. The number of imidazole rings is 1.